The fourth-order valence-electron chi connectivity index (χ4n) is 2.43. The van der Waals surface area contributed by atoms with Crippen LogP contribution in [0.1, 0.15) is 11.5 Å². The first-order chi connectivity index (χ1) is 10.2. The molecule has 22 heavy (non-hydrogen) atoms. The van der Waals surface area contributed by atoms with Gasteiger partial charge in [-0.25, -0.2) is 0 Å². The number of hydrogen-bond acceptors (Lipinski definition) is 3. The number of ketones is 1. The summed E-state index contributed by atoms with van der Waals surface area (Å²) in [6, 6.07) is 17.3. The molecule has 1 saturated heterocycles. The van der Waals surface area contributed by atoms with Gasteiger partial charge in [0.05, 0.1) is 12.5 Å². The SMILES string of the molecule is CN1CC(=O)C(c2c[c-]ccc2Oc2ccccc2)C1=O.[Y]. The maximum Gasteiger partial charge on any atom is 0.226 e. The molecule has 1 radical (unpaired) electrons. The Labute approximate surface area is 154 Å². The van der Waals surface area contributed by atoms with Crippen LogP contribution in [0.25, 0.3) is 0 Å². The maximum absolute atomic E-state index is 12.2. The summed E-state index contributed by atoms with van der Waals surface area (Å²) >= 11 is 0. The topological polar surface area (TPSA) is 46.6 Å². The van der Waals surface area contributed by atoms with Gasteiger partial charge in [-0.15, -0.1) is 6.07 Å². The van der Waals surface area contributed by atoms with Crippen molar-refractivity contribution in [1.82, 2.24) is 4.90 Å². The van der Waals surface area contributed by atoms with Crippen LogP contribution < -0.4 is 4.74 Å². The van der Waals surface area contributed by atoms with Crippen molar-refractivity contribution in [3.8, 4) is 11.5 Å². The maximum atomic E-state index is 12.2. The number of likely N-dealkylation sites (tertiary alicyclic amines) is 1. The first-order valence-electron chi connectivity index (χ1n) is 6.67. The molecule has 1 heterocycles. The Morgan fingerprint density at radius 3 is 2.55 bits per heavy atom. The first kappa shape index (κ1) is 16.8. The van der Waals surface area contributed by atoms with E-state index in [2.05, 4.69) is 6.07 Å². The molecule has 0 aromatic heterocycles. The summed E-state index contributed by atoms with van der Waals surface area (Å²) in [5.74, 6) is 0.0850. The Morgan fingerprint density at radius 2 is 1.91 bits per heavy atom. The van der Waals surface area contributed by atoms with E-state index >= 15 is 0 Å². The number of ether oxygens (including phenoxy) is 1. The van der Waals surface area contributed by atoms with Crippen LogP contribution in [0.3, 0.4) is 0 Å². The van der Waals surface area contributed by atoms with Crippen LogP contribution in [-0.2, 0) is 42.3 Å². The first-order valence-corrected chi connectivity index (χ1v) is 6.67. The van der Waals surface area contributed by atoms with Gasteiger partial charge >= 0.3 is 0 Å². The Kier molecular flexibility index (Phi) is 5.49. The second kappa shape index (κ2) is 7.16. The Balaban J connectivity index is 0.00000176. The summed E-state index contributed by atoms with van der Waals surface area (Å²) in [6.45, 7) is 0.142. The number of carbonyl (C=O) groups is 2. The van der Waals surface area contributed by atoms with E-state index in [4.69, 9.17) is 4.74 Å². The molecule has 4 nitrogen and oxygen atoms in total. The van der Waals surface area contributed by atoms with E-state index in [-0.39, 0.29) is 50.9 Å². The number of Topliss-reactive ketones (excluding diaryl/α,β-unsaturated/α-hetero) is 1. The number of hydrogen-bond donors (Lipinski definition) is 0. The molecule has 1 unspecified atom stereocenters. The van der Waals surface area contributed by atoms with Gasteiger partial charge in [-0.2, -0.15) is 18.2 Å². The molecule has 1 aliphatic heterocycles. The van der Waals surface area contributed by atoms with Gasteiger partial charge in [0.2, 0.25) is 5.91 Å². The van der Waals surface area contributed by atoms with Crippen LogP contribution in [0.2, 0.25) is 0 Å². The van der Waals surface area contributed by atoms with E-state index in [1.54, 1.807) is 25.2 Å². The second-order valence-corrected chi connectivity index (χ2v) is 4.97. The Morgan fingerprint density at radius 1 is 1.18 bits per heavy atom. The average molecular weight is 369 g/mol. The van der Waals surface area contributed by atoms with E-state index in [1.165, 1.54) is 4.90 Å². The van der Waals surface area contributed by atoms with Crippen molar-refractivity contribution in [3.05, 3.63) is 60.2 Å². The third-order valence-corrected chi connectivity index (χ3v) is 3.47. The second-order valence-electron chi connectivity index (χ2n) is 4.97. The van der Waals surface area contributed by atoms with Gasteiger partial charge in [0.1, 0.15) is 5.75 Å². The molecule has 0 spiro atoms. The molecule has 2 aromatic carbocycles. The number of likely N-dealkylation sites (N-methyl/N-ethyl adjacent to an activating group) is 1. The molecule has 2 aromatic rings. The number of carbonyl (C=O) groups excluding carboxylic acids is 2. The average Bonchev–Trinajstić information content (AvgIpc) is 2.74. The van der Waals surface area contributed by atoms with Crippen molar-refractivity contribution < 1.29 is 47.0 Å². The van der Waals surface area contributed by atoms with Gasteiger partial charge in [0.15, 0.2) is 5.78 Å². The molecule has 5 heteroatoms. The Bertz CT molecular complexity index is 687. The fraction of sp³-hybridized carbons (Fsp3) is 0.176. The van der Waals surface area contributed by atoms with E-state index in [1.807, 2.05) is 30.3 Å². The molecule has 0 aliphatic carbocycles. The predicted octanol–water partition coefficient (Wildman–Crippen LogP) is 2.40. The van der Waals surface area contributed by atoms with E-state index in [0.29, 0.717) is 17.1 Å². The zero-order valence-electron chi connectivity index (χ0n) is 12.2. The molecule has 1 aliphatic rings. The van der Waals surface area contributed by atoms with Crippen molar-refractivity contribution in [2.45, 2.75) is 5.92 Å². The number of rotatable bonds is 3. The molecule has 1 atom stereocenters. The third kappa shape index (κ3) is 3.28. The molecule has 0 saturated carbocycles. The van der Waals surface area contributed by atoms with Crippen LogP contribution in [-0.4, -0.2) is 30.2 Å². The minimum atomic E-state index is -0.786. The minimum absolute atomic E-state index is 0. The smallest absolute Gasteiger partial charge is 0.226 e. The minimum Gasteiger partial charge on any atom is -0.483 e. The van der Waals surface area contributed by atoms with Crippen LogP contribution in [0, 0.1) is 6.07 Å². The summed E-state index contributed by atoms with van der Waals surface area (Å²) in [4.78, 5) is 25.7. The van der Waals surface area contributed by atoms with Crippen LogP contribution in [0.5, 0.6) is 11.5 Å². The van der Waals surface area contributed by atoms with Crippen molar-refractivity contribution in [2.75, 3.05) is 13.6 Å². The number of benzene rings is 2. The largest absolute Gasteiger partial charge is 0.483 e. The van der Waals surface area contributed by atoms with Crippen LogP contribution >= 0.6 is 0 Å². The standard InChI is InChI=1S/C17H14NO3.Y/c1-18-11-14(19)16(17(18)20)13-9-5-6-10-15(13)21-12-7-3-2-4-8-12;/h2-4,6-10,16H,11H2,1H3;/q-1;. The quantitative estimate of drug-likeness (QED) is 0.617. The van der Waals surface area contributed by atoms with Gasteiger partial charge in [0.25, 0.3) is 0 Å². The third-order valence-electron chi connectivity index (χ3n) is 3.47. The van der Waals surface area contributed by atoms with Crippen molar-refractivity contribution in [2.24, 2.45) is 0 Å². The van der Waals surface area contributed by atoms with Crippen molar-refractivity contribution >= 4 is 11.7 Å². The molecule has 0 N–H and O–H groups in total. The van der Waals surface area contributed by atoms with E-state index in [0.717, 1.165) is 0 Å². The van der Waals surface area contributed by atoms with Gasteiger partial charge in [-0.3, -0.25) is 9.59 Å². The predicted molar refractivity (Wildman–Crippen MR) is 77.2 cm³/mol. The molecule has 3 rings (SSSR count). The summed E-state index contributed by atoms with van der Waals surface area (Å²) in [6.07, 6.45) is 0. The van der Waals surface area contributed by atoms with E-state index < -0.39 is 5.92 Å². The zero-order chi connectivity index (χ0) is 14.8. The molecule has 1 fully saturated rings. The number of nitrogens with zero attached hydrogens (tertiary/aromatic N) is 1. The van der Waals surface area contributed by atoms with Gasteiger partial charge in [-0.05, 0) is 12.1 Å². The zero-order valence-corrected chi connectivity index (χ0v) is 15.0. The summed E-state index contributed by atoms with van der Waals surface area (Å²) < 4.78 is 5.81. The van der Waals surface area contributed by atoms with Crippen molar-refractivity contribution in [3.63, 3.8) is 0 Å². The number of para-hydroxylation sites is 1. The van der Waals surface area contributed by atoms with Gasteiger partial charge in [-0.1, -0.05) is 23.8 Å². The summed E-state index contributed by atoms with van der Waals surface area (Å²) in [5, 5.41) is 0. The molecular formula is C17H14NO3Y-. The van der Waals surface area contributed by atoms with Gasteiger partial charge < -0.3 is 9.64 Å². The molecule has 1 amide bonds. The van der Waals surface area contributed by atoms with Crippen LogP contribution in [0.4, 0.5) is 0 Å². The Hall–Kier alpha value is -1.52. The molecule has 0 bridgehead atoms. The van der Waals surface area contributed by atoms with Crippen molar-refractivity contribution in [1.29, 1.82) is 0 Å². The summed E-state index contributed by atoms with van der Waals surface area (Å²) in [7, 11) is 1.63. The summed E-state index contributed by atoms with van der Waals surface area (Å²) in [5.41, 5.74) is 0.570. The molecular weight excluding hydrogens is 355 g/mol. The monoisotopic (exact) mass is 369 g/mol. The normalized spacial score (nSPS) is 17.3. The fourth-order valence-corrected chi connectivity index (χ4v) is 2.43. The number of amides is 1. The molecule has 109 valence electrons. The van der Waals surface area contributed by atoms with Gasteiger partial charge in [0, 0.05) is 45.5 Å². The van der Waals surface area contributed by atoms with E-state index in [9.17, 15) is 9.59 Å². The van der Waals surface area contributed by atoms with Crippen LogP contribution in [0.15, 0.2) is 48.5 Å².